The number of aryl methyl sites for hydroxylation is 1. The Bertz CT molecular complexity index is 680. The van der Waals surface area contributed by atoms with Gasteiger partial charge in [0.25, 0.3) is 0 Å². The third-order valence-corrected chi connectivity index (χ3v) is 6.60. The summed E-state index contributed by atoms with van der Waals surface area (Å²) in [5.74, 6) is 2.39. The van der Waals surface area contributed by atoms with E-state index in [1.165, 1.54) is 16.0 Å². The van der Waals surface area contributed by atoms with E-state index in [9.17, 15) is 0 Å². The van der Waals surface area contributed by atoms with Gasteiger partial charge < -0.3 is 9.47 Å². The van der Waals surface area contributed by atoms with Crippen molar-refractivity contribution in [2.75, 3.05) is 0 Å². The first-order valence-electron chi connectivity index (χ1n) is 9.35. The van der Waals surface area contributed by atoms with Crippen LogP contribution in [0.15, 0.2) is 29.6 Å². The SMILES string of the molecule is CCC1OC(Oc2[c-]csc2Cc2ccc(C)cc2)C(C)C(C)C1C.[Y]. The topological polar surface area (TPSA) is 18.5 Å². The summed E-state index contributed by atoms with van der Waals surface area (Å²) >= 11 is 1.71. The molecule has 139 valence electrons. The molecule has 0 saturated carbocycles. The Morgan fingerprint density at radius 3 is 2.42 bits per heavy atom. The predicted molar refractivity (Wildman–Crippen MR) is 104 cm³/mol. The zero-order chi connectivity index (χ0) is 18.0. The molecule has 2 nitrogen and oxygen atoms in total. The monoisotopic (exact) mass is 446 g/mol. The molecule has 4 heteroatoms. The average molecular weight is 446 g/mol. The molecule has 5 unspecified atom stereocenters. The van der Waals surface area contributed by atoms with Crippen molar-refractivity contribution in [1.29, 1.82) is 0 Å². The molecule has 1 aliphatic heterocycles. The summed E-state index contributed by atoms with van der Waals surface area (Å²) in [6.07, 6.45) is 2.00. The summed E-state index contributed by atoms with van der Waals surface area (Å²) in [5, 5.41) is 2.00. The molecule has 26 heavy (non-hydrogen) atoms. The zero-order valence-electron chi connectivity index (χ0n) is 16.5. The number of hydrogen-bond acceptors (Lipinski definition) is 3. The Morgan fingerprint density at radius 2 is 1.77 bits per heavy atom. The van der Waals surface area contributed by atoms with Crippen LogP contribution in [-0.2, 0) is 43.9 Å². The van der Waals surface area contributed by atoms with Gasteiger partial charge in [-0.05, 0) is 30.9 Å². The van der Waals surface area contributed by atoms with Crippen LogP contribution in [0.25, 0.3) is 0 Å². The van der Waals surface area contributed by atoms with E-state index in [4.69, 9.17) is 9.47 Å². The van der Waals surface area contributed by atoms with Crippen LogP contribution in [0.4, 0.5) is 0 Å². The van der Waals surface area contributed by atoms with Crippen LogP contribution in [0.3, 0.4) is 0 Å². The summed E-state index contributed by atoms with van der Waals surface area (Å²) in [6.45, 7) is 11.2. The smallest absolute Gasteiger partial charge is 0.198 e. The van der Waals surface area contributed by atoms with E-state index in [0.29, 0.717) is 17.8 Å². The molecule has 1 aromatic heterocycles. The summed E-state index contributed by atoms with van der Waals surface area (Å²) in [4.78, 5) is 1.22. The van der Waals surface area contributed by atoms with E-state index in [-0.39, 0.29) is 45.1 Å². The third kappa shape index (κ3) is 4.98. The molecule has 3 rings (SSSR count). The molecular formula is C22H29O2SY-. The van der Waals surface area contributed by atoms with Gasteiger partial charge in [0.15, 0.2) is 6.29 Å². The van der Waals surface area contributed by atoms with Gasteiger partial charge in [0.05, 0.1) is 6.10 Å². The maximum absolute atomic E-state index is 6.32. The first-order valence-corrected chi connectivity index (χ1v) is 10.2. The van der Waals surface area contributed by atoms with Crippen molar-refractivity contribution >= 4 is 11.3 Å². The molecule has 2 aromatic rings. The number of thiophene rings is 1. The fourth-order valence-corrected chi connectivity index (χ4v) is 4.38. The second-order valence-electron chi connectivity index (χ2n) is 7.44. The molecule has 0 amide bonds. The second kappa shape index (κ2) is 9.82. The fraction of sp³-hybridized carbons (Fsp3) is 0.545. The molecule has 1 aliphatic rings. The van der Waals surface area contributed by atoms with Crippen LogP contribution in [-0.4, -0.2) is 12.4 Å². The van der Waals surface area contributed by atoms with E-state index in [2.05, 4.69) is 65.0 Å². The van der Waals surface area contributed by atoms with Crippen LogP contribution in [0, 0.1) is 30.7 Å². The molecule has 2 heterocycles. The third-order valence-electron chi connectivity index (χ3n) is 5.75. The quantitative estimate of drug-likeness (QED) is 0.535. The van der Waals surface area contributed by atoms with Gasteiger partial charge in [0, 0.05) is 38.6 Å². The summed E-state index contributed by atoms with van der Waals surface area (Å²) < 4.78 is 12.6. The van der Waals surface area contributed by atoms with Crippen molar-refractivity contribution in [2.45, 2.75) is 59.9 Å². The first-order chi connectivity index (χ1) is 12.0. The molecular weight excluding hydrogens is 417 g/mol. The van der Waals surface area contributed by atoms with Gasteiger partial charge in [-0.2, -0.15) is 6.07 Å². The van der Waals surface area contributed by atoms with E-state index in [0.717, 1.165) is 18.6 Å². The Hall–Kier alpha value is -0.216. The van der Waals surface area contributed by atoms with Gasteiger partial charge in [-0.15, -0.1) is 5.38 Å². The molecule has 0 spiro atoms. The van der Waals surface area contributed by atoms with Crippen molar-refractivity contribution in [2.24, 2.45) is 17.8 Å². The molecule has 1 fully saturated rings. The molecule has 1 saturated heterocycles. The fourth-order valence-electron chi connectivity index (χ4n) is 3.61. The van der Waals surface area contributed by atoms with E-state index in [1.54, 1.807) is 11.3 Å². The predicted octanol–water partition coefficient (Wildman–Crippen LogP) is 5.87. The van der Waals surface area contributed by atoms with Crippen molar-refractivity contribution in [3.05, 3.63) is 51.7 Å². The van der Waals surface area contributed by atoms with Crippen molar-refractivity contribution in [3.63, 3.8) is 0 Å². The minimum Gasteiger partial charge on any atom is -0.501 e. The van der Waals surface area contributed by atoms with Crippen LogP contribution in [0.1, 0.15) is 50.1 Å². The molecule has 0 bridgehead atoms. The number of ether oxygens (including phenoxy) is 2. The van der Waals surface area contributed by atoms with Crippen LogP contribution >= 0.6 is 11.3 Å². The Labute approximate surface area is 187 Å². The summed E-state index contributed by atoms with van der Waals surface area (Å²) in [6, 6.07) is 12.0. The minimum atomic E-state index is -0.182. The van der Waals surface area contributed by atoms with Crippen LogP contribution < -0.4 is 4.74 Å². The average Bonchev–Trinajstić information content (AvgIpc) is 3.04. The Kier molecular flexibility index (Phi) is 8.34. The summed E-state index contributed by atoms with van der Waals surface area (Å²) in [7, 11) is 0. The minimum absolute atomic E-state index is 0. The van der Waals surface area contributed by atoms with Crippen molar-refractivity contribution in [1.82, 2.24) is 0 Å². The normalized spacial score (nSPS) is 28.4. The molecule has 5 atom stereocenters. The maximum Gasteiger partial charge on any atom is 0.198 e. The van der Waals surface area contributed by atoms with E-state index < -0.39 is 0 Å². The van der Waals surface area contributed by atoms with Crippen molar-refractivity contribution < 1.29 is 42.2 Å². The van der Waals surface area contributed by atoms with Crippen LogP contribution in [0.5, 0.6) is 5.75 Å². The molecule has 0 N–H and O–H groups in total. The van der Waals surface area contributed by atoms with Gasteiger partial charge in [0.2, 0.25) is 0 Å². The van der Waals surface area contributed by atoms with Gasteiger partial charge in [-0.25, -0.2) is 0 Å². The van der Waals surface area contributed by atoms with E-state index in [1.807, 2.05) is 5.38 Å². The van der Waals surface area contributed by atoms with Gasteiger partial charge in [-0.3, -0.25) is 11.3 Å². The Morgan fingerprint density at radius 1 is 1.08 bits per heavy atom. The van der Waals surface area contributed by atoms with Gasteiger partial charge >= 0.3 is 0 Å². The van der Waals surface area contributed by atoms with Crippen LogP contribution in [0.2, 0.25) is 0 Å². The maximum atomic E-state index is 6.32. The zero-order valence-corrected chi connectivity index (χ0v) is 20.1. The number of benzene rings is 1. The number of rotatable bonds is 5. The standard InChI is InChI=1S/C22H29O2S.Y/c1-6-19-16(4)15(3)17(5)22(23-19)24-20-11-12-25-21(20)13-18-9-7-14(2)8-10-18;/h7-10,12,15-17,19,22H,6,13H2,1-5H3;/q-1;. The largest absolute Gasteiger partial charge is 0.501 e. The second-order valence-corrected chi connectivity index (χ2v) is 8.41. The van der Waals surface area contributed by atoms with E-state index >= 15 is 0 Å². The van der Waals surface area contributed by atoms with Crippen molar-refractivity contribution in [3.8, 4) is 5.75 Å². The first kappa shape index (κ1) is 22.1. The van der Waals surface area contributed by atoms with Gasteiger partial charge in [0.1, 0.15) is 0 Å². The molecule has 1 aromatic carbocycles. The van der Waals surface area contributed by atoms with Gasteiger partial charge in [-0.1, -0.05) is 74.4 Å². The summed E-state index contributed by atoms with van der Waals surface area (Å²) in [5.41, 5.74) is 2.59. The molecule has 1 radical (unpaired) electrons. The molecule has 0 aliphatic carbocycles. The number of hydrogen-bond donors (Lipinski definition) is 0. The Balaban J connectivity index is 0.00000243.